The molecule has 214 valence electrons. The number of methoxy groups -OCH3 is 2. The zero-order valence-corrected chi connectivity index (χ0v) is 21.5. The molecular formula is C27H22F4N4O6. The maximum atomic E-state index is 14.1. The van der Waals surface area contributed by atoms with Crippen LogP contribution < -0.4 is 5.73 Å². The number of nitrogens with zero attached hydrogens (tertiary/aromatic N) is 3. The van der Waals surface area contributed by atoms with Gasteiger partial charge in [0.15, 0.2) is 5.82 Å². The molecule has 0 saturated heterocycles. The van der Waals surface area contributed by atoms with Gasteiger partial charge < -0.3 is 24.9 Å². The van der Waals surface area contributed by atoms with Crippen LogP contribution in [0.5, 0.6) is 0 Å². The van der Waals surface area contributed by atoms with Gasteiger partial charge in [-0.2, -0.15) is 4.98 Å². The maximum absolute atomic E-state index is 14.1. The van der Waals surface area contributed by atoms with Crippen molar-refractivity contribution in [3.8, 4) is 11.5 Å². The van der Waals surface area contributed by atoms with Gasteiger partial charge >= 0.3 is 11.9 Å². The number of carbonyl (C=O) groups excluding carboxylic acids is 2. The minimum atomic E-state index is -0.961. The number of halogens is 4. The Balaban J connectivity index is 0.000000241. The molecule has 1 aromatic heterocycles. The van der Waals surface area contributed by atoms with Crippen LogP contribution in [0.1, 0.15) is 37.7 Å². The van der Waals surface area contributed by atoms with E-state index in [4.69, 9.17) is 15.5 Å². The van der Waals surface area contributed by atoms with Crippen molar-refractivity contribution in [3.63, 3.8) is 0 Å². The third-order valence-corrected chi connectivity index (χ3v) is 5.43. The molecule has 0 amide bonds. The number of ether oxygens (including phenoxy) is 2. The van der Waals surface area contributed by atoms with E-state index in [9.17, 15) is 27.2 Å². The van der Waals surface area contributed by atoms with Crippen LogP contribution in [0.15, 0.2) is 64.3 Å². The van der Waals surface area contributed by atoms with Crippen molar-refractivity contribution in [2.75, 3.05) is 14.2 Å². The second-order valence-corrected chi connectivity index (χ2v) is 8.15. The highest BCUT2D eigenvalue weighted by atomic mass is 19.1. The van der Waals surface area contributed by atoms with Crippen molar-refractivity contribution < 1.29 is 46.4 Å². The monoisotopic (exact) mass is 574 g/mol. The predicted molar refractivity (Wildman–Crippen MR) is 135 cm³/mol. The van der Waals surface area contributed by atoms with Crippen LogP contribution in [-0.2, 0) is 22.3 Å². The van der Waals surface area contributed by atoms with E-state index in [0.717, 1.165) is 38.5 Å². The van der Waals surface area contributed by atoms with Crippen LogP contribution in [0.2, 0.25) is 0 Å². The molecule has 10 nitrogen and oxygen atoms in total. The Morgan fingerprint density at radius 1 is 0.878 bits per heavy atom. The van der Waals surface area contributed by atoms with Gasteiger partial charge in [-0.25, -0.2) is 27.2 Å². The molecule has 0 aliphatic carbocycles. The molecular weight excluding hydrogens is 552 g/mol. The number of benzene rings is 3. The van der Waals surface area contributed by atoms with Crippen LogP contribution in [0.3, 0.4) is 0 Å². The minimum absolute atomic E-state index is 0.137. The average molecular weight is 574 g/mol. The largest absolute Gasteiger partial charge is 0.465 e. The summed E-state index contributed by atoms with van der Waals surface area (Å²) in [7, 11) is 2.24. The topological polar surface area (TPSA) is 150 Å². The number of nitrogens with two attached hydrogens (primary N) is 1. The summed E-state index contributed by atoms with van der Waals surface area (Å²) in [6.45, 7) is 0. The van der Waals surface area contributed by atoms with E-state index in [-0.39, 0.29) is 46.2 Å². The lowest BCUT2D eigenvalue weighted by Gasteiger charge is -2.06. The third-order valence-electron chi connectivity index (χ3n) is 5.43. The Kier molecular flexibility index (Phi) is 10.1. The highest BCUT2D eigenvalue weighted by Crippen LogP contribution is 2.21. The molecule has 0 atom stereocenters. The highest BCUT2D eigenvalue weighted by molar-refractivity contribution is 5.90. The summed E-state index contributed by atoms with van der Waals surface area (Å²) in [6, 6.07) is 12.5. The van der Waals surface area contributed by atoms with Gasteiger partial charge in [0.25, 0.3) is 5.89 Å². The average Bonchev–Trinajstić information content (AvgIpc) is 3.45. The Labute approximate surface area is 230 Å². The van der Waals surface area contributed by atoms with Crippen molar-refractivity contribution in [2.45, 2.75) is 12.8 Å². The molecule has 41 heavy (non-hydrogen) atoms. The number of oxime groups is 1. The minimum Gasteiger partial charge on any atom is -0.465 e. The summed E-state index contributed by atoms with van der Waals surface area (Å²) in [5.74, 6) is -5.27. The number of esters is 2. The predicted octanol–water partition coefficient (Wildman–Crippen LogP) is 4.43. The van der Waals surface area contributed by atoms with Gasteiger partial charge in [0.05, 0.1) is 25.3 Å². The number of amidine groups is 1. The molecule has 0 radical (unpaired) electrons. The van der Waals surface area contributed by atoms with Gasteiger partial charge in [-0.3, -0.25) is 0 Å². The molecule has 1 heterocycles. The lowest BCUT2D eigenvalue weighted by atomic mass is 10.1. The van der Waals surface area contributed by atoms with Crippen molar-refractivity contribution in [1.82, 2.24) is 10.1 Å². The molecule has 14 heteroatoms. The molecule has 3 N–H and O–H groups in total. The zero-order valence-electron chi connectivity index (χ0n) is 21.5. The highest BCUT2D eigenvalue weighted by Gasteiger charge is 2.19. The molecule has 0 unspecified atom stereocenters. The summed E-state index contributed by atoms with van der Waals surface area (Å²) in [5.41, 5.74) is 4.78. The Bertz CT molecular complexity index is 1530. The Hall–Kier alpha value is -5.27. The lowest BCUT2D eigenvalue weighted by Crippen LogP contribution is -2.17. The smallest absolute Gasteiger partial charge is 0.338 e. The fraction of sp³-hybridized carbons (Fsp3) is 0.148. The Morgan fingerprint density at radius 3 is 1.83 bits per heavy atom. The SMILES string of the molecule is COC(=O)c1cc(F)c(C/C(N)=N/O)c(F)c1.COC(=O)c1cc(F)c(Cc2noc(-c3ccccc3)n2)c(F)c1. The van der Waals surface area contributed by atoms with Gasteiger partial charge in [0, 0.05) is 29.5 Å². The van der Waals surface area contributed by atoms with Crippen LogP contribution in [0, 0.1) is 23.3 Å². The van der Waals surface area contributed by atoms with Crippen LogP contribution >= 0.6 is 0 Å². The summed E-state index contributed by atoms with van der Waals surface area (Å²) in [5, 5.41) is 14.6. The van der Waals surface area contributed by atoms with E-state index >= 15 is 0 Å². The first kappa shape index (κ1) is 30.3. The van der Waals surface area contributed by atoms with Crippen LogP contribution in [0.4, 0.5) is 17.6 Å². The van der Waals surface area contributed by atoms with Gasteiger partial charge in [-0.1, -0.05) is 28.5 Å². The zero-order chi connectivity index (χ0) is 30.1. The van der Waals surface area contributed by atoms with Crippen molar-refractivity contribution >= 4 is 17.8 Å². The molecule has 0 aliphatic heterocycles. The molecule has 4 aromatic rings. The number of aromatic nitrogens is 2. The number of rotatable bonds is 7. The van der Waals surface area contributed by atoms with Crippen LogP contribution in [-0.4, -0.2) is 47.3 Å². The molecule has 0 bridgehead atoms. The summed E-state index contributed by atoms with van der Waals surface area (Å²) in [4.78, 5) is 26.5. The fourth-order valence-electron chi connectivity index (χ4n) is 3.41. The number of carbonyl (C=O) groups is 2. The van der Waals surface area contributed by atoms with E-state index in [1.165, 1.54) is 0 Å². The summed E-state index contributed by atoms with van der Waals surface area (Å²) in [6.07, 6.45) is -0.592. The second kappa shape index (κ2) is 13.7. The van der Waals surface area contributed by atoms with Gasteiger partial charge in [0.1, 0.15) is 29.1 Å². The first-order valence-electron chi connectivity index (χ1n) is 11.5. The summed E-state index contributed by atoms with van der Waals surface area (Å²) >= 11 is 0. The van der Waals surface area contributed by atoms with Crippen molar-refractivity contribution in [2.24, 2.45) is 10.9 Å². The molecule has 4 rings (SSSR count). The van der Waals surface area contributed by atoms with Gasteiger partial charge in [-0.15, -0.1) is 0 Å². The normalized spacial score (nSPS) is 10.9. The van der Waals surface area contributed by atoms with E-state index in [1.54, 1.807) is 12.1 Å². The fourth-order valence-corrected chi connectivity index (χ4v) is 3.41. The van der Waals surface area contributed by atoms with Crippen LogP contribution in [0.25, 0.3) is 11.5 Å². The summed E-state index contributed by atoms with van der Waals surface area (Å²) < 4.78 is 69.0. The van der Waals surface area contributed by atoms with E-state index in [2.05, 4.69) is 24.8 Å². The Morgan fingerprint density at radius 2 is 1.37 bits per heavy atom. The third kappa shape index (κ3) is 7.65. The second-order valence-electron chi connectivity index (χ2n) is 8.15. The lowest BCUT2D eigenvalue weighted by molar-refractivity contribution is 0.0591. The molecule has 0 spiro atoms. The number of hydrogen-bond donors (Lipinski definition) is 2. The molecule has 3 aromatic carbocycles. The van der Waals surface area contributed by atoms with E-state index < -0.39 is 41.6 Å². The van der Waals surface area contributed by atoms with Crippen molar-refractivity contribution in [1.29, 1.82) is 0 Å². The molecule has 0 saturated carbocycles. The standard InChI is InChI=1S/C17H12F2N2O3.C10H10F2N2O3/c1-23-17(22)11-7-13(18)12(14(19)8-11)9-15-20-16(24-21-15)10-5-3-2-4-6-10;1-17-10(15)5-2-7(11)6(8(12)3-5)4-9(13)14-16/h2-8H,9H2,1H3;2-3,16H,4H2,1H3,(H2,13,14). The first-order chi connectivity index (χ1) is 19.6. The van der Waals surface area contributed by atoms with Gasteiger partial charge in [0.2, 0.25) is 0 Å². The number of hydrogen-bond acceptors (Lipinski definition) is 9. The van der Waals surface area contributed by atoms with Gasteiger partial charge in [-0.05, 0) is 36.4 Å². The van der Waals surface area contributed by atoms with E-state index in [1.807, 2.05) is 18.2 Å². The van der Waals surface area contributed by atoms with E-state index in [0.29, 0.717) is 5.56 Å². The quantitative estimate of drug-likeness (QED) is 0.0816. The maximum Gasteiger partial charge on any atom is 0.338 e. The first-order valence-corrected chi connectivity index (χ1v) is 11.5. The van der Waals surface area contributed by atoms with Crippen molar-refractivity contribution in [3.05, 3.63) is 106 Å². The molecule has 0 fully saturated rings. The molecule has 0 aliphatic rings.